The van der Waals surface area contributed by atoms with E-state index in [1.165, 1.54) is 11.1 Å². The lowest BCUT2D eigenvalue weighted by molar-refractivity contribution is 0.199. The van der Waals surface area contributed by atoms with Gasteiger partial charge in [0.2, 0.25) is 0 Å². The lowest BCUT2D eigenvalue weighted by Gasteiger charge is -2.32. The minimum absolute atomic E-state index is 0. The van der Waals surface area contributed by atoms with Gasteiger partial charge < -0.3 is 10.1 Å². The van der Waals surface area contributed by atoms with Gasteiger partial charge in [-0.2, -0.15) is 0 Å². The molecule has 1 heterocycles. The number of piperazine rings is 1. The Labute approximate surface area is 122 Å². The minimum Gasteiger partial charge on any atom is -0.497 e. The molecule has 3 nitrogen and oxygen atoms in total. The number of hydrogen-bond donors (Lipinski definition) is 1. The number of benzene rings is 1. The van der Waals surface area contributed by atoms with Gasteiger partial charge in [-0.3, -0.25) is 4.90 Å². The monoisotopic (exact) mass is 284 g/mol. The Hall–Kier alpha value is -0.770. The van der Waals surface area contributed by atoms with Gasteiger partial charge in [-0.25, -0.2) is 0 Å². The summed E-state index contributed by atoms with van der Waals surface area (Å²) in [5.41, 5.74) is 2.84. The summed E-state index contributed by atoms with van der Waals surface area (Å²) in [5, 5.41) is 3.48. The molecule has 1 N–H and O–H groups in total. The SMILES string of the molecule is CCc1cc(OC)ccc1CN1CCN[C@@H](C)C1.Cl. The Morgan fingerprint density at radius 3 is 2.79 bits per heavy atom. The molecule has 1 aromatic rings. The molecule has 19 heavy (non-hydrogen) atoms. The van der Waals surface area contributed by atoms with Crippen LogP contribution in [-0.4, -0.2) is 37.7 Å². The molecule has 2 rings (SSSR count). The third-order valence-electron chi connectivity index (χ3n) is 3.64. The average Bonchev–Trinajstić information content (AvgIpc) is 2.39. The number of ether oxygens (including phenoxy) is 1. The van der Waals surface area contributed by atoms with E-state index in [0.29, 0.717) is 6.04 Å². The zero-order valence-corrected chi connectivity index (χ0v) is 12.9. The largest absolute Gasteiger partial charge is 0.497 e. The van der Waals surface area contributed by atoms with Crippen molar-refractivity contribution < 1.29 is 4.74 Å². The highest BCUT2D eigenvalue weighted by Gasteiger charge is 2.16. The fourth-order valence-corrected chi connectivity index (χ4v) is 2.61. The standard InChI is InChI=1S/C15H24N2O.ClH/c1-4-13-9-15(18-3)6-5-14(13)11-17-8-7-16-12(2)10-17;/h5-6,9,12,16H,4,7-8,10-11H2,1-3H3;1H/t12-;/m0./s1. The van der Waals surface area contributed by atoms with Gasteiger partial charge in [-0.15, -0.1) is 12.4 Å². The van der Waals surface area contributed by atoms with Gasteiger partial charge in [0.15, 0.2) is 0 Å². The van der Waals surface area contributed by atoms with Gasteiger partial charge in [0, 0.05) is 32.2 Å². The van der Waals surface area contributed by atoms with E-state index in [-0.39, 0.29) is 12.4 Å². The van der Waals surface area contributed by atoms with E-state index in [1.807, 2.05) is 0 Å². The van der Waals surface area contributed by atoms with Crippen LogP contribution in [0.25, 0.3) is 0 Å². The molecule has 108 valence electrons. The van der Waals surface area contributed by atoms with Gasteiger partial charge >= 0.3 is 0 Å². The Bertz CT molecular complexity index is 398. The van der Waals surface area contributed by atoms with Crippen LogP contribution in [0, 0.1) is 0 Å². The molecule has 0 unspecified atom stereocenters. The molecular weight excluding hydrogens is 260 g/mol. The number of hydrogen-bond acceptors (Lipinski definition) is 3. The van der Waals surface area contributed by atoms with Crippen LogP contribution in [0.15, 0.2) is 18.2 Å². The molecule has 1 saturated heterocycles. The van der Waals surface area contributed by atoms with Gasteiger partial charge in [0.05, 0.1) is 7.11 Å². The molecule has 0 aliphatic carbocycles. The van der Waals surface area contributed by atoms with E-state index >= 15 is 0 Å². The molecule has 0 amide bonds. The zero-order valence-electron chi connectivity index (χ0n) is 12.1. The van der Waals surface area contributed by atoms with Crippen molar-refractivity contribution in [2.45, 2.75) is 32.9 Å². The van der Waals surface area contributed by atoms with Crippen LogP contribution in [0.2, 0.25) is 0 Å². The summed E-state index contributed by atoms with van der Waals surface area (Å²) in [7, 11) is 1.73. The maximum absolute atomic E-state index is 5.30. The lowest BCUT2D eigenvalue weighted by atomic mass is 10.0. The number of halogens is 1. The number of rotatable bonds is 4. The second kappa shape index (κ2) is 7.73. The number of nitrogens with zero attached hydrogens (tertiary/aromatic N) is 1. The van der Waals surface area contributed by atoms with Crippen molar-refractivity contribution in [2.75, 3.05) is 26.7 Å². The highest BCUT2D eigenvalue weighted by atomic mass is 35.5. The summed E-state index contributed by atoms with van der Waals surface area (Å²) in [6, 6.07) is 7.05. The summed E-state index contributed by atoms with van der Waals surface area (Å²) in [6.07, 6.45) is 1.06. The summed E-state index contributed by atoms with van der Waals surface area (Å²) in [5.74, 6) is 0.962. The average molecular weight is 285 g/mol. The van der Waals surface area contributed by atoms with Crippen LogP contribution in [-0.2, 0) is 13.0 Å². The van der Waals surface area contributed by atoms with E-state index in [0.717, 1.165) is 38.3 Å². The van der Waals surface area contributed by atoms with Crippen LogP contribution in [0.3, 0.4) is 0 Å². The molecule has 1 aliphatic rings. The van der Waals surface area contributed by atoms with Crippen molar-refractivity contribution in [3.63, 3.8) is 0 Å². The van der Waals surface area contributed by atoms with Crippen LogP contribution in [0.1, 0.15) is 25.0 Å². The topological polar surface area (TPSA) is 24.5 Å². The maximum Gasteiger partial charge on any atom is 0.119 e. The summed E-state index contributed by atoms with van der Waals surface area (Å²) in [6.45, 7) is 8.88. The first kappa shape index (κ1) is 16.3. The third kappa shape index (κ3) is 4.37. The molecule has 1 fully saturated rings. The van der Waals surface area contributed by atoms with Crippen LogP contribution < -0.4 is 10.1 Å². The molecule has 1 aliphatic heterocycles. The molecule has 4 heteroatoms. The Kier molecular flexibility index (Phi) is 6.63. The van der Waals surface area contributed by atoms with E-state index in [9.17, 15) is 0 Å². The number of nitrogens with one attached hydrogen (secondary N) is 1. The quantitative estimate of drug-likeness (QED) is 0.919. The first-order chi connectivity index (χ1) is 8.72. The highest BCUT2D eigenvalue weighted by molar-refractivity contribution is 5.85. The second-order valence-corrected chi connectivity index (χ2v) is 5.08. The predicted molar refractivity (Wildman–Crippen MR) is 82.4 cm³/mol. The molecule has 0 aromatic heterocycles. The smallest absolute Gasteiger partial charge is 0.119 e. The van der Waals surface area contributed by atoms with Crippen molar-refractivity contribution in [1.29, 1.82) is 0 Å². The molecule has 0 radical (unpaired) electrons. The van der Waals surface area contributed by atoms with E-state index < -0.39 is 0 Å². The maximum atomic E-state index is 5.30. The zero-order chi connectivity index (χ0) is 13.0. The molecule has 0 spiro atoms. The van der Waals surface area contributed by atoms with Crippen molar-refractivity contribution in [1.82, 2.24) is 10.2 Å². The van der Waals surface area contributed by atoms with Crippen LogP contribution >= 0.6 is 12.4 Å². The fourth-order valence-electron chi connectivity index (χ4n) is 2.61. The summed E-state index contributed by atoms with van der Waals surface area (Å²) >= 11 is 0. The summed E-state index contributed by atoms with van der Waals surface area (Å²) < 4.78 is 5.30. The van der Waals surface area contributed by atoms with Crippen LogP contribution in [0.4, 0.5) is 0 Å². The molecular formula is C15H25ClN2O. The first-order valence-electron chi connectivity index (χ1n) is 6.84. The Balaban J connectivity index is 0.00000180. The van der Waals surface area contributed by atoms with Crippen molar-refractivity contribution in [3.8, 4) is 5.75 Å². The molecule has 0 saturated carbocycles. The lowest BCUT2D eigenvalue weighted by Crippen LogP contribution is -2.48. The van der Waals surface area contributed by atoms with Gasteiger partial charge in [-0.05, 0) is 36.6 Å². The van der Waals surface area contributed by atoms with Gasteiger partial charge in [0.1, 0.15) is 5.75 Å². The van der Waals surface area contributed by atoms with E-state index in [1.54, 1.807) is 7.11 Å². The molecule has 1 aromatic carbocycles. The van der Waals surface area contributed by atoms with E-state index in [2.05, 4.69) is 42.3 Å². The van der Waals surface area contributed by atoms with Gasteiger partial charge in [0.25, 0.3) is 0 Å². The van der Waals surface area contributed by atoms with Gasteiger partial charge in [-0.1, -0.05) is 13.0 Å². The number of methoxy groups -OCH3 is 1. The van der Waals surface area contributed by atoms with Crippen molar-refractivity contribution in [2.24, 2.45) is 0 Å². The summed E-state index contributed by atoms with van der Waals surface area (Å²) in [4.78, 5) is 2.53. The Morgan fingerprint density at radius 2 is 2.16 bits per heavy atom. The first-order valence-corrected chi connectivity index (χ1v) is 6.84. The van der Waals surface area contributed by atoms with E-state index in [4.69, 9.17) is 4.74 Å². The third-order valence-corrected chi connectivity index (χ3v) is 3.64. The minimum atomic E-state index is 0. The number of aryl methyl sites for hydroxylation is 1. The molecule has 1 atom stereocenters. The van der Waals surface area contributed by atoms with Crippen LogP contribution in [0.5, 0.6) is 5.75 Å². The van der Waals surface area contributed by atoms with Crippen molar-refractivity contribution >= 4 is 12.4 Å². The highest BCUT2D eigenvalue weighted by Crippen LogP contribution is 2.20. The Morgan fingerprint density at radius 1 is 1.37 bits per heavy atom. The molecule has 0 bridgehead atoms. The normalized spacial score (nSPS) is 19.8. The predicted octanol–water partition coefficient (Wildman–Crippen LogP) is 2.47. The van der Waals surface area contributed by atoms with Crippen molar-refractivity contribution in [3.05, 3.63) is 29.3 Å². The second-order valence-electron chi connectivity index (χ2n) is 5.08. The fraction of sp³-hybridized carbons (Fsp3) is 0.600.